The minimum absolute atomic E-state index is 0.167. The topological polar surface area (TPSA) is 75.9 Å². The zero-order valence-corrected chi connectivity index (χ0v) is 13.2. The quantitative estimate of drug-likeness (QED) is 0.907. The third-order valence-electron chi connectivity index (χ3n) is 3.69. The van der Waals surface area contributed by atoms with Crippen molar-refractivity contribution in [1.82, 2.24) is 19.7 Å². The van der Waals surface area contributed by atoms with Crippen LogP contribution < -0.4 is 5.32 Å². The van der Waals surface area contributed by atoms with Crippen LogP contribution >= 0.6 is 0 Å². The molecule has 6 nitrogen and oxygen atoms in total. The summed E-state index contributed by atoms with van der Waals surface area (Å²) < 4.78 is 1.89. The third kappa shape index (κ3) is 2.93. The predicted octanol–water partition coefficient (Wildman–Crippen LogP) is 2.54. The number of nitrogens with zero attached hydrogens (tertiary/aromatic N) is 4. The minimum atomic E-state index is -0.167. The van der Waals surface area contributed by atoms with Gasteiger partial charge in [0.25, 0.3) is 0 Å². The number of hydrogen-bond acceptors (Lipinski definition) is 5. The van der Waals surface area contributed by atoms with Gasteiger partial charge >= 0.3 is 0 Å². The molecule has 0 aliphatic heterocycles. The lowest BCUT2D eigenvalue weighted by molar-refractivity contribution is 0.271. The SMILES string of the molecule is CNc1c(C)c(-c2cnc(CO)nc2)nn1C1=CC=CCC=C1. The van der Waals surface area contributed by atoms with Gasteiger partial charge in [-0.3, -0.25) is 0 Å². The van der Waals surface area contributed by atoms with Crippen LogP contribution in [0, 0.1) is 6.92 Å². The normalized spacial score (nSPS) is 13.8. The molecule has 0 amide bonds. The van der Waals surface area contributed by atoms with Crippen LogP contribution in [-0.2, 0) is 6.61 Å². The van der Waals surface area contributed by atoms with Gasteiger partial charge in [-0.25, -0.2) is 14.6 Å². The van der Waals surface area contributed by atoms with Crippen molar-refractivity contribution in [3.05, 3.63) is 54.2 Å². The van der Waals surface area contributed by atoms with Gasteiger partial charge in [0.15, 0.2) is 5.82 Å². The number of hydrogen-bond donors (Lipinski definition) is 2. The molecule has 2 N–H and O–H groups in total. The Morgan fingerprint density at radius 2 is 2.04 bits per heavy atom. The van der Waals surface area contributed by atoms with E-state index in [1.165, 1.54) is 0 Å². The van der Waals surface area contributed by atoms with Crippen molar-refractivity contribution in [1.29, 1.82) is 0 Å². The Morgan fingerprint density at radius 3 is 2.74 bits per heavy atom. The Kier molecular flexibility index (Phi) is 4.34. The van der Waals surface area contributed by atoms with E-state index >= 15 is 0 Å². The fourth-order valence-electron chi connectivity index (χ4n) is 2.52. The molecule has 1 aliphatic carbocycles. The van der Waals surface area contributed by atoms with Gasteiger partial charge in [-0.2, -0.15) is 5.10 Å². The average molecular weight is 309 g/mol. The summed E-state index contributed by atoms with van der Waals surface area (Å²) in [6.45, 7) is 1.85. The van der Waals surface area contributed by atoms with Gasteiger partial charge in [0.1, 0.15) is 18.1 Å². The van der Waals surface area contributed by atoms with Gasteiger partial charge in [0.05, 0.1) is 5.70 Å². The smallest absolute Gasteiger partial charge is 0.153 e. The van der Waals surface area contributed by atoms with Crippen LogP contribution in [0.4, 0.5) is 5.82 Å². The average Bonchev–Trinajstić information content (AvgIpc) is 2.77. The summed E-state index contributed by atoms with van der Waals surface area (Å²) in [5, 5.41) is 17.0. The third-order valence-corrected chi connectivity index (χ3v) is 3.69. The maximum atomic E-state index is 9.06. The van der Waals surface area contributed by atoms with E-state index in [0.717, 1.165) is 34.8 Å². The Morgan fingerprint density at radius 1 is 1.26 bits per heavy atom. The van der Waals surface area contributed by atoms with Crippen LogP contribution in [0.2, 0.25) is 0 Å². The van der Waals surface area contributed by atoms with Crippen LogP contribution in [0.25, 0.3) is 17.0 Å². The molecule has 3 rings (SSSR count). The molecule has 0 bridgehead atoms. The van der Waals surface area contributed by atoms with Crippen molar-refractivity contribution in [2.45, 2.75) is 20.0 Å². The molecule has 0 saturated carbocycles. The summed E-state index contributed by atoms with van der Waals surface area (Å²) in [5.74, 6) is 1.33. The van der Waals surface area contributed by atoms with Crippen molar-refractivity contribution < 1.29 is 5.11 Å². The summed E-state index contributed by atoms with van der Waals surface area (Å²) >= 11 is 0. The van der Waals surface area contributed by atoms with Crippen LogP contribution in [0.15, 0.2) is 42.8 Å². The lowest BCUT2D eigenvalue weighted by atomic mass is 10.1. The second-order valence-corrected chi connectivity index (χ2v) is 5.19. The van der Waals surface area contributed by atoms with Gasteiger partial charge < -0.3 is 10.4 Å². The Labute approximate surface area is 134 Å². The van der Waals surface area contributed by atoms with E-state index < -0.39 is 0 Å². The van der Waals surface area contributed by atoms with Crippen molar-refractivity contribution >= 4 is 11.5 Å². The van der Waals surface area contributed by atoms with E-state index in [2.05, 4.69) is 33.5 Å². The molecular weight excluding hydrogens is 290 g/mol. The zero-order chi connectivity index (χ0) is 16.2. The number of rotatable bonds is 4. The molecule has 118 valence electrons. The van der Waals surface area contributed by atoms with Crippen LogP contribution in [0.1, 0.15) is 17.8 Å². The van der Waals surface area contributed by atoms with Crippen molar-refractivity contribution in [3.63, 3.8) is 0 Å². The molecule has 2 aromatic rings. The van der Waals surface area contributed by atoms with Gasteiger partial charge in [-0.1, -0.05) is 18.2 Å². The van der Waals surface area contributed by atoms with E-state index in [1.807, 2.05) is 30.8 Å². The highest BCUT2D eigenvalue weighted by Crippen LogP contribution is 2.30. The highest BCUT2D eigenvalue weighted by atomic mass is 16.3. The van der Waals surface area contributed by atoms with Crippen molar-refractivity contribution in [3.8, 4) is 11.3 Å². The van der Waals surface area contributed by atoms with E-state index in [9.17, 15) is 0 Å². The molecule has 0 radical (unpaired) electrons. The van der Waals surface area contributed by atoms with Gasteiger partial charge in [0.2, 0.25) is 0 Å². The molecule has 2 aromatic heterocycles. The lowest BCUT2D eigenvalue weighted by Crippen LogP contribution is -2.03. The Hall–Kier alpha value is -2.73. The minimum Gasteiger partial charge on any atom is -0.388 e. The summed E-state index contributed by atoms with van der Waals surface area (Å²) in [6.07, 6.45) is 14.6. The van der Waals surface area contributed by atoms with Gasteiger partial charge in [-0.15, -0.1) is 0 Å². The molecule has 0 fully saturated rings. The van der Waals surface area contributed by atoms with Crippen molar-refractivity contribution in [2.24, 2.45) is 0 Å². The number of aliphatic hydroxyl groups excluding tert-OH is 1. The van der Waals surface area contributed by atoms with Gasteiger partial charge in [0, 0.05) is 30.6 Å². The molecule has 23 heavy (non-hydrogen) atoms. The number of aliphatic hydroxyl groups is 1. The summed E-state index contributed by atoms with van der Waals surface area (Å²) in [6, 6.07) is 0. The first-order chi connectivity index (χ1) is 11.2. The van der Waals surface area contributed by atoms with Crippen molar-refractivity contribution in [2.75, 3.05) is 12.4 Å². The fourth-order valence-corrected chi connectivity index (χ4v) is 2.52. The molecule has 0 saturated heterocycles. The first kappa shape index (κ1) is 15.2. The second kappa shape index (κ2) is 6.58. The van der Waals surface area contributed by atoms with Gasteiger partial charge in [-0.05, 0) is 25.5 Å². The van der Waals surface area contributed by atoms with E-state index in [1.54, 1.807) is 12.4 Å². The molecule has 6 heteroatoms. The van der Waals surface area contributed by atoms with Crippen LogP contribution in [0.3, 0.4) is 0 Å². The maximum Gasteiger partial charge on any atom is 0.153 e. The molecule has 1 aliphatic rings. The summed E-state index contributed by atoms with van der Waals surface area (Å²) in [4.78, 5) is 8.27. The van der Waals surface area contributed by atoms with Crippen LogP contribution in [-0.4, -0.2) is 31.9 Å². The number of allylic oxidation sites excluding steroid dienone is 6. The molecule has 0 aromatic carbocycles. The fraction of sp³-hybridized carbons (Fsp3) is 0.235. The molecule has 0 atom stereocenters. The highest BCUT2D eigenvalue weighted by molar-refractivity contribution is 5.73. The first-order valence-electron chi connectivity index (χ1n) is 7.48. The van der Waals surface area contributed by atoms with E-state index in [4.69, 9.17) is 10.2 Å². The zero-order valence-electron chi connectivity index (χ0n) is 13.2. The maximum absolute atomic E-state index is 9.06. The molecular formula is C17H19N5O. The highest BCUT2D eigenvalue weighted by Gasteiger charge is 2.17. The monoisotopic (exact) mass is 309 g/mol. The second-order valence-electron chi connectivity index (χ2n) is 5.19. The Balaban J connectivity index is 2.08. The molecule has 0 spiro atoms. The van der Waals surface area contributed by atoms with E-state index in [0.29, 0.717) is 5.82 Å². The first-order valence-corrected chi connectivity index (χ1v) is 7.48. The Bertz CT molecular complexity index is 784. The van der Waals surface area contributed by atoms with Crippen LogP contribution in [0.5, 0.6) is 0 Å². The molecule has 2 heterocycles. The molecule has 0 unspecified atom stereocenters. The lowest BCUT2D eigenvalue weighted by Gasteiger charge is -2.07. The standard InChI is InChI=1S/C17H19N5O/c1-12-16(13-9-19-15(11-23)20-10-13)21-22(17(12)18-2)14-7-5-3-4-6-8-14/h3,5-10,18,23H,4,11H2,1-2H3. The predicted molar refractivity (Wildman–Crippen MR) is 90.6 cm³/mol. The largest absolute Gasteiger partial charge is 0.388 e. The number of anilines is 1. The number of aromatic nitrogens is 4. The number of nitrogens with one attached hydrogen (secondary N) is 1. The van der Waals surface area contributed by atoms with E-state index in [-0.39, 0.29) is 6.61 Å². The summed E-state index contributed by atoms with van der Waals surface area (Å²) in [7, 11) is 1.88. The summed E-state index contributed by atoms with van der Waals surface area (Å²) in [5.41, 5.74) is 3.66.